The summed E-state index contributed by atoms with van der Waals surface area (Å²) in [4.78, 5) is 0. The summed E-state index contributed by atoms with van der Waals surface area (Å²) in [6.07, 6.45) is 2.38. The predicted octanol–water partition coefficient (Wildman–Crippen LogP) is 3.57. The van der Waals surface area contributed by atoms with Crippen LogP contribution in [0.15, 0.2) is 42.6 Å². The van der Waals surface area contributed by atoms with E-state index in [0.29, 0.717) is 0 Å². The summed E-state index contributed by atoms with van der Waals surface area (Å²) in [5, 5.41) is 3.10. The molecule has 0 saturated heterocycles. The van der Waals surface area contributed by atoms with Crippen LogP contribution in [0.4, 0.5) is 0 Å². The number of nitrogens with zero attached hydrogens (tertiary/aromatic N) is 1. The van der Waals surface area contributed by atoms with Gasteiger partial charge in [0, 0.05) is 17.2 Å². The van der Waals surface area contributed by atoms with E-state index in [1.807, 2.05) is 0 Å². The second-order valence-electron chi connectivity index (χ2n) is 7.32. The van der Waals surface area contributed by atoms with Gasteiger partial charge in [0.2, 0.25) is 0 Å². The molecule has 0 radical (unpaired) electrons. The SMILES string of the molecule is C[Si](C)(C)c1cc([Si](C)(C)C)n(-c2ccccc2)c1. The summed E-state index contributed by atoms with van der Waals surface area (Å²) < 4.78 is 2.43. The van der Waals surface area contributed by atoms with Gasteiger partial charge >= 0.3 is 0 Å². The largest absolute Gasteiger partial charge is 0.325 e. The van der Waals surface area contributed by atoms with Crippen molar-refractivity contribution in [2.75, 3.05) is 0 Å². The average molecular weight is 288 g/mol. The van der Waals surface area contributed by atoms with E-state index in [2.05, 4.69) is 86.4 Å². The van der Waals surface area contributed by atoms with Gasteiger partial charge in [-0.1, -0.05) is 57.5 Å². The third kappa shape index (κ3) is 3.09. The fourth-order valence-electron chi connectivity index (χ4n) is 2.25. The summed E-state index contributed by atoms with van der Waals surface area (Å²) in [5.41, 5.74) is 1.30. The Morgan fingerprint density at radius 1 is 0.789 bits per heavy atom. The third-order valence-electron chi connectivity index (χ3n) is 3.49. The maximum atomic E-state index is 2.48. The quantitative estimate of drug-likeness (QED) is 0.761. The summed E-state index contributed by atoms with van der Waals surface area (Å²) in [7, 11) is -2.59. The van der Waals surface area contributed by atoms with Crippen molar-refractivity contribution in [2.45, 2.75) is 39.3 Å². The van der Waals surface area contributed by atoms with Gasteiger partial charge in [-0.05, 0) is 23.4 Å². The lowest BCUT2D eigenvalue weighted by atomic mass is 10.3. The molecule has 0 bridgehead atoms. The van der Waals surface area contributed by atoms with Gasteiger partial charge in [-0.15, -0.1) is 0 Å². The zero-order chi connectivity index (χ0) is 14.3. The lowest BCUT2D eigenvalue weighted by Crippen LogP contribution is -2.43. The third-order valence-corrected chi connectivity index (χ3v) is 7.42. The van der Waals surface area contributed by atoms with Gasteiger partial charge in [0.15, 0.2) is 0 Å². The van der Waals surface area contributed by atoms with Crippen molar-refractivity contribution in [3.05, 3.63) is 42.6 Å². The van der Waals surface area contributed by atoms with E-state index in [1.165, 1.54) is 11.0 Å². The van der Waals surface area contributed by atoms with Crippen LogP contribution >= 0.6 is 0 Å². The molecule has 3 heteroatoms. The summed E-state index contributed by atoms with van der Waals surface area (Å²) in [5.74, 6) is 0. The second-order valence-corrected chi connectivity index (χ2v) is 17.4. The standard InChI is InChI=1S/C16H25NSi2/c1-18(2,3)15-12-16(19(4,5)6)17(13-15)14-10-8-7-9-11-14/h7-13H,1-6H3. The minimum absolute atomic E-state index is 1.25. The molecule has 102 valence electrons. The molecule has 1 nitrogen and oxygen atoms in total. The highest BCUT2D eigenvalue weighted by atomic mass is 28.3. The fraction of sp³-hybridized carbons (Fsp3) is 0.375. The van der Waals surface area contributed by atoms with Gasteiger partial charge < -0.3 is 4.57 Å². The fourth-order valence-corrected chi connectivity index (χ4v) is 4.99. The van der Waals surface area contributed by atoms with Crippen LogP contribution in [-0.4, -0.2) is 20.7 Å². The number of hydrogen-bond donors (Lipinski definition) is 0. The Labute approximate surface area is 119 Å². The van der Waals surface area contributed by atoms with Crippen LogP contribution in [-0.2, 0) is 0 Å². The molecule has 0 N–H and O–H groups in total. The molecule has 0 amide bonds. The van der Waals surface area contributed by atoms with Gasteiger partial charge in [0.1, 0.15) is 0 Å². The van der Waals surface area contributed by atoms with Crippen molar-refractivity contribution in [3.8, 4) is 5.69 Å². The molecule has 0 unspecified atom stereocenters. The lowest BCUT2D eigenvalue weighted by molar-refractivity contribution is 1.11. The van der Waals surface area contributed by atoms with Gasteiger partial charge in [-0.2, -0.15) is 0 Å². The molecule has 0 spiro atoms. The van der Waals surface area contributed by atoms with Crippen molar-refractivity contribution in [1.29, 1.82) is 0 Å². The van der Waals surface area contributed by atoms with E-state index in [-0.39, 0.29) is 0 Å². The lowest BCUT2D eigenvalue weighted by Gasteiger charge is -2.19. The van der Waals surface area contributed by atoms with Crippen LogP contribution in [0.2, 0.25) is 39.3 Å². The minimum atomic E-state index is -1.33. The average Bonchev–Trinajstić information content (AvgIpc) is 2.74. The van der Waals surface area contributed by atoms with Crippen LogP contribution in [0.5, 0.6) is 0 Å². The first-order valence-electron chi connectivity index (χ1n) is 6.98. The Balaban J connectivity index is 2.63. The van der Waals surface area contributed by atoms with Crippen molar-refractivity contribution in [3.63, 3.8) is 0 Å². The molecule has 0 aliphatic rings. The Morgan fingerprint density at radius 2 is 1.37 bits per heavy atom. The highest BCUT2D eigenvalue weighted by molar-refractivity contribution is 6.91. The van der Waals surface area contributed by atoms with Crippen LogP contribution < -0.4 is 10.5 Å². The second kappa shape index (κ2) is 4.80. The van der Waals surface area contributed by atoms with Crippen molar-refractivity contribution >= 4 is 26.7 Å². The summed E-state index contributed by atoms with van der Waals surface area (Å²) >= 11 is 0. The van der Waals surface area contributed by atoms with Crippen molar-refractivity contribution in [2.24, 2.45) is 0 Å². The maximum Gasteiger partial charge on any atom is 0.0989 e. The molecule has 1 heterocycles. The number of para-hydroxylation sites is 1. The molecule has 2 rings (SSSR count). The van der Waals surface area contributed by atoms with Gasteiger partial charge in [-0.25, -0.2) is 0 Å². The molecule has 0 saturated carbocycles. The van der Waals surface area contributed by atoms with E-state index in [9.17, 15) is 0 Å². The Bertz CT molecular complexity index is 557. The highest BCUT2D eigenvalue weighted by Crippen LogP contribution is 2.12. The van der Waals surface area contributed by atoms with Gasteiger partial charge in [0.05, 0.1) is 16.1 Å². The van der Waals surface area contributed by atoms with E-state index >= 15 is 0 Å². The molecule has 0 atom stereocenters. The Hall–Kier alpha value is -1.07. The molecule has 1 aromatic heterocycles. The Morgan fingerprint density at radius 3 is 1.84 bits per heavy atom. The van der Waals surface area contributed by atoms with E-state index in [4.69, 9.17) is 0 Å². The number of benzene rings is 1. The molecule has 2 aromatic rings. The zero-order valence-electron chi connectivity index (χ0n) is 13.0. The zero-order valence-corrected chi connectivity index (χ0v) is 15.0. The highest BCUT2D eigenvalue weighted by Gasteiger charge is 2.26. The first-order valence-corrected chi connectivity index (χ1v) is 14.0. The molecule has 0 aliphatic carbocycles. The molecule has 0 aliphatic heterocycles. The van der Waals surface area contributed by atoms with Crippen LogP contribution in [0.25, 0.3) is 5.69 Å². The van der Waals surface area contributed by atoms with Crippen LogP contribution in [0.1, 0.15) is 0 Å². The first kappa shape index (κ1) is 14.3. The van der Waals surface area contributed by atoms with E-state index < -0.39 is 16.1 Å². The minimum Gasteiger partial charge on any atom is -0.325 e. The predicted molar refractivity (Wildman–Crippen MR) is 91.7 cm³/mol. The summed E-state index contributed by atoms with van der Waals surface area (Å²) in [6.45, 7) is 14.5. The van der Waals surface area contributed by atoms with Crippen molar-refractivity contribution in [1.82, 2.24) is 4.57 Å². The molecule has 1 aromatic carbocycles. The smallest absolute Gasteiger partial charge is 0.0989 e. The number of hydrogen-bond acceptors (Lipinski definition) is 0. The number of aromatic nitrogens is 1. The summed E-state index contributed by atoms with van der Waals surface area (Å²) in [6, 6.07) is 13.2. The molecular formula is C16H25NSi2. The molecule has 19 heavy (non-hydrogen) atoms. The Kier molecular flexibility index (Phi) is 3.62. The normalized spacial score (nSPS) is 12.7. The maximum absolute atomic E-state index is 2.48. The topological polar surface area (TPSA) is 4.93 Å². The van der Waals surface area contributed by atoms with E-state index in [1.54, 1.807) is 5.19 Å². The van der Waals surface area contributed by atoms with Crippen molar-refractivity contribution < 1.29 is 0 Å². The number of rotatable bonds is 3. The van der Waals surface area contributed by atoms with Gasteiger partial charge in [0.25, 0.3) is 0 Å². The monoisotopic (exact) mass is 287 g/mol. The van der Waals surface area contributed by atoms with Crippen LogP contribution in [0.3, 0.4) is 0 Å². The van der Waals surface area contributed by atoms with Crippen LogP contribution in [0, 0.1) is 0 Å². The molecule has 0 fully saturated rings. The first-order chi connectivity index (χ1) is 8.69. The van der Waals surface area contributed by atoms with E-state index in [0.717, 1.165) is 0 Å². The molecular weight excluding hydrogens is 262 g/mol. The van der Waals surface area contributed by atoms with Gasteiger partial charge in [-0.3, -0.25) is 0 Å².